The Balaban J connectivity index is 0.000000209. The van der Waals surface area contributed by atoms with E-state index in [1.54, 1.807) is 14.2 Å². The largest absolute Gasteiger partial charge is 1.00 e. The van der Waals surface area contributed by atoms with Crippen molar-refractivity contribution in [3.63, 3.8) is 0 Å². The van der Waals surface area contributed by atoms with Crippen molar-refractivity contribution in [2.24, 2.45) is 5.41 Å². The molecule has 6 heteroatoms. The maximum Gasteiger partial charge on any atom is 0.233 e. The van der Waals surface area contributed by atoms with Crippen LogP contribution in [0.3, 0.4) is 0 Å². The highest BCUT2D eigenvalue weighted by Crippen LogP contribution is 2.55. The minimum atomic E-state index is -1.78. The van der Waals surface area contributed by atoms with E-state index >= 15 is 0 Å². The molecule has 4 nitrogen and oxygen atoms in total. The molecule has 0 bridgehead atoms. The van der Waals surface area contributed by atoms with E-state index in [-0.39, 0.29) is 23.2 Å². The molecule has 1 aliphatic carbocycles. The molecule has 1 spiro atoms. The van der Waals surface area contributed by atoms with Gasteiger partial charge >= 0.3 is 0 Å². The topological polar surface area (TPSA) is 38.8 Å². The number of carbonyl (C=O) groups is 1. The van der Waals surface area contributed by atoms with Gasteiger partial charge in [-0.05, 0) is 97.2 Å². The maximum atomic E-state index is 13.1. The number of halogens is 1. The molecule has 6 rings (SSSR count). The molecular formula is C41H49ClNO3P. The van der Waals surface area contributed by atoms with E-state index in [4.69, 9.17) is 9.47 Å². The smallest absolute Gasteiger partial charge is 0.233 e. The van der Waals surface area contributed by atoms with Crippen molar-refractivity contribution < 1.29 is 26.7 Å². The van der Waals surface area contributed by atoms with Crippen LogP contribution in [0.25, 0.3) is 0 Å². The van der Waals surface area contributed by atoms with Gasteiger partial charge in [-0.1, -0.05) is 87.5 Å². The summed E-state index contributed by atoms with van der Waals surface area (Å²) in [6.45, 7) is 7.48. The van der Waals surface area contributed by atoms with Crippen molar-refractivity contribution in [1.29, 1.82) is 0 Å². The fraction of sp³-hybridized carbons (Fsp3) is 0.341. The Morgan fingerprint density at radius 3 is 1.60 bits per heavy atom. The van der Waals surface area contributed by atoms with E-state index in [9.17, 15) is 4.79 Å². The average Bonchev–Trinajstić information content (AvgIpc) is 3.40. The van der Waals surface area contributed by atoms with Crippen LogP contribution in [0.2, 0.25) is 0 Å². The molecule has 0 N–H and O–H groups in total. The molecule has 1 aliphatic heterocycles. The molecule has 1 heterocycles. The van der Waals surface area contributed by atoms with Crippen LogP contribution in [-0.2, 0) is 19.7 Å². The second-order valence-electron chi connectivity index (χ2n) is 13.5. The zero-order chi connectivity index (χ0) is 32.6. The quantitative estimate of drug-likeness (QED) is 0.196. The van der Waals surface area contributed by atoms with Crippen LogP contribution < -0.4 is 33.2 Å². The van der Waals surface area contributed by atoms with Gasteiger partial charge in [-0.2, -0.15) is 0 Å². The van der Waals surface area contributed by atoms with Crippen LogP contribution in [0.15, 0.2) is 127 Å². The molecule has 1 saturated heterocycles. The van der Waals surface area contributed by atoms with E-state index in [0.29, 0.717) is 12.3 Å². The Labute approximate surface area is 288 Å². The summed E-state index contributed by atoms with van der Waals surface area (Å²) in [7, 11) is 1.72. The Kier molecular flexibility index (Phi) is 12.5. The predicted octanol–water partition coefficient (Wildman–Crippen LogP) is 5.40. The Bertz CT molecular complexity index is 1480. The minimum Gasteiger partial charge on any atom is -1.00 e. The van der Waals surface area contributed by atoms with Crippen molar-refractivity contribution >= 4 is 34.8 Å². The first-order valence-electron chi connectivity index (χ1n) is 16.4. The highest BCUT2D eigenvalue weighted by atomic mass is 35.5. The molecule has 2 aliphatic rings. The van der Waals surface area contributed by atoms with Gasteiger partial charge in [0, 0.05) is 19.3 Å². The van der Waals surface area contributed by atoms with Crippen LogP contribution in [-0.4, -0.2) is 33.0 Å². The van der Waals surface area contributed by atoms with Gasteiger partial charge in [-0.3, -0.25) is 4.79 Å². The Morgan fingerprint density at radius 2 is 1.19 bits per heavy atom. The summed E-state index contributed by atoms with van der Waals surface area (Å²) in [6.07, 6.45) is 7.43. The van der Waals surface area contributed by atoms with Crippen molar-refractivity contribution in [3.8, 4) is 0 Å². The van der Waals surface area contributed by atoms with Crippen LogP contribution in [0.5, 0.6) is 0 Å². The first kappa shape index (κ1) is 36.4. The number of methoxy groups -OCH3 is 2. The summed E-state index contributed by atoms with van der Waals surface area (Å²) in [5.74, 6) is 0.322. The molecule has 1 saturated carbocycles. The number of nitrogens with zero attached hydrogens (tertiary/aromatic N) is 1. The molecule has 47 heavy (non-hydrogen) atoms. The monoisotopic (exact) mass is 669 g/mol. The van der Waals surface area contributed by atoms with Gasteiger partial charge in [0.15, 0.2) is 6.35 Å². The van der Waals surface area contributed by atoms with Gasteiger partial charge < -0.3 is 26.8 Å². The molecule has 1 amide bonds. The molecule has 0 aromatic heterocycles. The van der Waals surface area contributed by atoms with E-state index < -0.39 is 7.26 Å². The molecule has 0 unspecified atom stereocenters. The standard InChI is InChI=1S/C21H29NO2.C20H20OP.ClH/c1-20(2,3)17-5-7-18(8-6-17)22-14-13-21(19(22)23)11-9-16(10-12-21)15-24-4;1-21-17-22(18-11-5-2-6-12-18,19-13-7-3-8-14-19)20-15-9-4-10-16-20;/h5-8,15H,9-14H2,1-4H3;2-16H,17H2,1H3;1H/q;+1;/p-1. The van der Waals surface area contributed by atoms with Gasteiger partial charge in [0.05, 0.1) is 18.8 Å². The molecule has 0 radical (unpaired) electrons. The van der Waals surface area contributed by atoms with Gasteiger partial charge in [-0.15, -0.1) is 0 Å². The van der Waals surface area contributed by atoms with Gasteiger partial charge in [0.2, 0.25) is 5.91 Å². The van der Waals surface area contributed by atoms with Gasteiger partial charge in [-0.25, -0.2) is 0 Å². The summed E-state index contributed by atoms with van der Waals surface area (Å²) in [4.78, 5) is 15.1. The third-order valence-corrected chi connectivity index (χ3v) is 13.8. The summed E-state index contributed by atoms with van der Waals surface area (Å²) in [5.41, 5.74) is 3.68. The van der Waals surface area contributed by atoms with Gasteiger partial charge in [0.1, 0.15) is 23.2 Å². The van der Waals surface area contributed by atoms with Gasteiger partial charge in [0.25, 0.3) is 0 Å². The molecule has 4 aromatic carbocycles. The lowest BCUT2D eigenvalue weighted by molar-refractivity contribution is -0.126. The van der Waals surface area contributed by atoms with Crippen LogP contribution in [0.1, 0.15) is 58.4 Å². The third-order valence-electron chi connectivity index (χ3n) is 9.61. The summed E-state index contributed by atoms with van der Waals surface area (Å²) < 4.78 is 10.9. The number of amides is 1. The first-order chi connectivity index (χ1) is 22.2. The lowest BCUT2D eigenvalue weighted by atomic mass is 9.71. The number of rotatable bonds is 7. The van der Waals surface area contributed by atoms with Crippen molar-refractivity contribution in [3.05, 3.63) is 133 Å². The van der Waals surface area contributed by atoms with Crippen LogP contribution in [0.4, 0.5) is 5.69 Å². The Hall–Kier alpha value is -3.43. The molecule has 2 fully saturated rings. The van der Waals surface area contributed by atoms with E-state index in [1.165, 1.54) is 27.1 Å². The fourth-order valence-corrected chi connectivity index (χ4v) is 10.7. The second-order valence-corrected chi connectivity index (χ2v) is 17.0. The summed E-state index contributed by atoms with van der Waals surface area (Å²) in [6, 6.07) is 40.8. The SMILES string of the molecule is COC=C1CCC2(CC1)CCN(c1ccc(C(C)(C)C)cc1)C2=O.COC[P+](c1ccccc1)(c1ccccc1)c1ccccc1.[Cl-]. The molecule has 0 atom stereocenters. The molecule has 4 aromatic rings. The minimum absolute atomic E-state index is 0. The van der Waals surface area contributed by atoms with Crippen LogP contribution in [0, 0.1) is 5.41 Å². The first-order valence-corrected chi connectivity index (χ1v) is 18.4. The van der Waals surface area contributed by atoms with E-state index in [0.717, 1.165) is 44.3 Å². The number of benzene rings is 4. The van der Waals surface area contributed by atoms with E-state index in [1.807, 2.05) is 11.2 Å². The van der Waals surface area contributed by atoms with Crippen LogP contribution >= 0.6 is 7.26 Å². The van der Waals surface area contributed by atoms with Crippen molar-refractivity contribution in [1.82, 2.24) is 0 Å². The van der Waals surface area contributed by atoms with E-state index in [2.05, 4.69) is 136 Å². The lowest BCUT2D eigenvalue weighted by Gasteiger charge is -2.32. The highest BCUT2D eigenvalue weighted by Gasteiger charge is 2.48. The molecular weight excluding hydrogens is 621 g/mol. The number of anilines is 1. The molecule has 248 valence electrons. The number of carbonyl (C=O) groups excluding carboxylic acids is 1. The van der Waals surface area contributed by atoms with Crippen molar-refractivity contribution in [2.45, 2.75) is 58.3 Å². The number of ether oxygens (including phenoxy) is 2. The lowest BCUT2D eigenvalue weighted by Crippen LogP contribution is -3.00. The fourth-order valence-electron chi connectivity index (χ4n) is 6.92. The second kappa shape index (κ2) is 16.1. The number of hydrogen-bond acceptors (Lipinski definition) is 3. The normalized spacial score (nSPS) is 17.9. The Morgan fingerprint density at radius 1 is 0.723 bits per heavy atom. The highest BCUT2D eigenvalue weighted by molar-refractivity contribution is 7.95. The average molecular weight is 670 g/mol. The zero-order valence-electron chi connectivity index (χ0n) is 28.5. The zero-order valence-corrected chi connectivity index (χ0v) is 30.1. The van der Waals surface area contributed by atoms with Crippen molar-refractivity contribution in [2.75, 3.05) is 32.0 Å². The summed E-state index contributed by atoms with van der Waals surface area (Å²) >= 11 is 0. The third kappa shape index (κ3) is 8.00. The summed E-state index contributed by atoms with van der Waals surface area (Å²) in [5, 5.41) is 4.07. The number of allylic oxidation sites excluding steroid dienone is 1. The predicted molar refractivity (Wildman–Crippen MR) is 195 cm³/mol. The number of hydrogen-bond donors (Lipinski definition) is 0. The maximum absolute atomic E-state index is 13.1.